The van der Waals surface area contributed by atoms with Gasteiger partial charge in [-0.2, -0.15) is 4.98 Å². The molecular formula is C13H21N3O4. The SMILES string of the molecule is CCCc1noc(CN(CC)C2COCC2C(=O)O)n1. The highest BCUT2D eigenvalue weighted by Gasteiger charge is 2.37. The van der Waals surface area contributed by atoms with Crippen molar-refractivity contribution in [3.8, 4) is 0 Å². The number of carboxylic acid groups (broad SMARTS) is 1. The van der Waals surface area contributed by atoms with Crippen LogP contribution in [0.1, 0.15) is 32.0 Å². The monoisotopic (exact) mass is 283 g/mol. The van der Waals surface area contributed by atoms with Crippen LogP contribution < -0.4 is 0 Å². The predicted octanol–water partition coefficient (Wildman–Crippen LogP) is 0.944. The molecule has 2 heterocycles. The average molecular weight is 283 g/mol. The molecule has 2 unspecified atom stereocenters. The van der Waals surface area contributed by atoms with Gasteiger partial charge >= 0.3 is 5.97 Å². The molecular weight excluding hydrogens is 262 g/mol. The van der Waals surface area contributed by atoms with Gasteiger partial charge in [-0.15, -0.1) is 0 Å². The quantitative estimate of drug-likeness (QED) is 0.796. The predicted molar refractivity (Wildman–Crippen MR) is 70.1 cm³/mol. The van der Waals surface area contributed by atoms with E-state index in [1.807, 2.05) is 11.8 Å². The average Bonchev–Trinajstić information content (AvgIpc) is 3.05. The summed E-state index contributed by atoms with van der Waals surface area (Å²) in [5.41, 5.74) is 0. The lowest BCUT2D eigenvalue weighted by Crippen LogP contribution is -2.42. The Morgan fingerprint density at radius 2 is 2.25 bits per heavy atom. The Balaban J connectivity index is 2.02. The van der Waals surface area contributed by atoms with Gasteiger partial charge in [0.25, 0.3) is 0 Å². The third-order valence-corrected chi connectivity index (χ3v) is 3.56. The largest absolute Gasteiger partial charge is 0.481 e. The number of carbonyl (C=O) groups is 1. The Morgan fingerprint density at radius 3 is 2.90 bits per heavy atom. The van der Waals surface area contributed by atoms with Crippen LogP contribution in [0.2, 0.25) is 0 Å². The van der Waals surface area contributed by atoms with Crippen LogP contribution >= 0.6 is 0 Å². The first-order valence-electron chi connectivity index (χ1n) is 7.01. The van der Waals surface area contributed by atoms with E-state index in [9.17, 15) is 9.90 Å². The molecule has 7 heteroatoms. The van der Waals surface area contributed by atoms with Gasteiger partial charge in [-0.25, -0.2) is 0 Å². The van der Waals surface area contributed by atoms with E-state index in [-0.39, 0.29) is 12.6 Å². The van der Waals surface area contributed by atoms with Gasteiger partial charge in [0.1, 0.15) is 0 Å². The number of nitrogens with zero attached hydrogens (tertiary/aromatic N) is 3. The van der Waals surface area contributed by atoms with Crippen molar-refractivity contribution in [2.75, 3.05) is 19.8 Å². The fourth-order valence-electron chi connectivity index (χ4n) is 2.46. The van der Waals surface area contributed by atoms with E-state index < -0.39 is 11.9 Å². The summed E-state index contributed by atoms with van der Waals surface area (Å²) in [6.07, 6.45) is 1.76. The highest BCUT2D eigenvalue weighted by Crippen LogP contribution is 2.21. The lowest BCUT2D eigenvalue weighted by atomic mass is 10.0. The lowest BCUT2D eigenvalue weighted by molar-refractivity contribution is -0.143. The molecule has 1 aromatic heterocycles. The second kappa shape index (κ2) is 6.81. The van der Waals surface area contributed by atoms with Gasteiger partial charge in [0, 0.05) is 12.5 Å². The molecule has 0 aliphatic carbocycles. The molecule has 2 rings (SSSR count). The molecule has 0 bridgehead atoms. The van der Waals surface area contributed by atoms with Crippen molar-refractivity contribution in [2.45, 2.75) is 39.3 Å². The van der Waals surface area contributed by atoms with Crippen molar-refractivity contribution < 1.29 is 19.2 Å². The summed E-state index contributed by atoms with van der Waals surface area (Å²) in [6, 6.07) is -0.140. The van der Waals surface area contributed by atoms with Crippen LogP contribution in [-0.2, 0) is 22.5 Å². The molecule has 112 valence electrons. The summed E-state index contributed by atoms with van der Waals surface area (Å²) >= 11 is 0. The van der Waals surface area contributed by atoms with Crippen molar-refractivity contribution >= 4 is 5.97 Å². The van der Waals surface area contributed by atoms with Crippen LogP contribution in [0.3, 0.4) is 0 Å². The smallest absolute Gasteiger partial charge is 0.310 e. The second-order valence-electron chi connectivity index (χ2n) is 4.97. The summed E-state index contributed by atoms with van der Waals surface area (Å²) in [7, 11) is 0. The van der Waals surface area contributed by atoms with Crippen molar-refractivity contribution in [1.29, 1.82) is 0 Å². The molecule has 1 aliphatic rings. The van der Waals surface area contributed by atoms with E-state index in [1.165, 1.54) is 0 Å². The number of carboxylic acids is 1. The molecule has 7 nitrogen and oxygen atoms in total. The van der Waals surface area contributed by atoms with Gasteiger partial charge in [-0.05, 0) is 13.0 Å². The van der Waals surface area contributed by atoms with Gasteiger partial charge < -0.3 is 14.4 Å². The first-order valence-corrected chi connectivity index (χ1v) is 7.01. The third-order valence-electron chi connectivity index (χ3n) is 3.56. The number of rotatable bonds is 7. The molecule has 1 fully saturated rings. The lowest BCUT2D eigenvalue weighted by Gasteiger charge is -2.27. The molecule has 2 atom stereocenters. The maximum atomic E-state index is 11.2. The summed E-state index contributed by atoms with van der Waals surface area (Å²) in [4.78, 5) is 17.6. The summed E-state index contributed by atoms with van der Waals surface area (Å²) in [5.74, 6) is -0.0708. The number of aliphatic carboxylic acids is 1. The molecule has 1 N–H and O–H groups in total. The molecule has 0 radical (unpaired) electrons. The summed E-state index contributed by atoms with van der Waals surface area (Å²) < 4.78 is 10.5. The fraction of sp³-hybridized carbons (Fsp3) is 0.769. The third kappa shape index (κ3) is 3.34. The normalized spacial score (nSPS) is 22.6. The zero-order valence-electron chi connectivity index (χ0n) is 11.9. The van der Waals surface area contributed by atoms with Crippen molar-refractivity contribution in [1.82, 2.24) is 15.0 Å². The Kier molecular flexibility index (Phi) is 5.08. The highest BCUT2D eigenvalue weighted by molar-refractivity contribution is 5.71. The first-order chi connectivity index (χ1) is 9.65. The van der Waals surface area contributed by atoms with E-state index >= 15 is 0 Å². The van der Waals surface area contributed by atoms with Crippen molar-refractivity contribution in [2.24, 2.45) is 5.92 Å². The van der Waals surface area contributed by atoms with Gasteiger partial charge in [0.2, 0.25) is 5.89 Å². The molecule has 0 spiro atoms. The first kappa shape index (κ1) is 14.9. The van der Waals surface area contributed by atoms with E-state index in [2.05, 4.69) is 17.1 Å². The van der Waals surface area contributed by atoms with Crippen molar-refractivity contribution in [3.63, 3.8) is 0 Å². The van der Waals surface area contributed by atoms with Gasteiger partial charge in [0.15, 0.2) is 5.82 Å². The number of hydrogen-bond acceptors (Lipinski definition) is 6. The molecule has 1 saturated heterocycles. The maximum Gasteiger partial charge on any atom is 0.310 e. The van der Waals surface area contributed by atoms with E-state index in [4.69, 9.17) is 9.26 Å². The molecule has 0 aromatic carbocycles. The summed E-state index contributed by atoms with van der Waals surface area (Å²) in [5, 5.41) is 13.1. The Morgan fingerprint density at radius 1 is 1.45 bits per heavy atom. The second-order valence-corrected chi connectivity index (χ2v) is 4.97. The Bertz CT molecular complexity index is 449. The Labute approximate surface area is 117 Å². The number of aryl methyl sites for hydroxylation is 1. The Hall–Kier alpha value is -1.47. The molecule has 1 aliphatic heterocycles. The van der Waals surface area contributed by atoms with Crippen LogP contribution in [0.5, 0.6) is 0 Å². The summed E-state index contributed by atoms with van der Waals surface area (Å²) in [6.45, 7) is 5.92. The van der Waals surface area contributed by atoms with E-state index in [1.54, 1.807) is 0 Å². The molecule has 0 amide bonds. The number of ether oxygens (including phenoxy) is 1. The zero-order valence-corrected chi connectivity index (χ0v) is 11.9. The topological polar surface area (TPSA) is 88.7 Å². The van der Waals surface area contributed by atoms with Gasteiger partial charge in [0.05, 0.1) is 25.7 Å². The van der Waals surface area contributed by atoms with Gasteiger partial charge in [-0.3, -0.25) is 9.69 Å². The van der Waals surface area contributed by atoms with Crippen LogP contribution in [0.25, 0.3) is 0 Å². The number of likely N-dealkylation sites (N-methyl/N-ethyl adjacent to an activating group) is 1. The van der Waals surface area contributed by atoms with Crippen LogP contribution in [0.4, 0.5) is 0 Å². The zero-order chi connectivity index (χ0) is 14.5. The van der Waals surface area contributed by atoms with E-state index in [0.717, 1.165) is 12.8 Å². The maximum absolute atomic E-state index is 11.2. The molecule has 1 aromatic rings. The minimum absolute atomic E-state index is 0.140. The minimum Gasteiger partial charge on any atom is -0.481 e. The molecule has 0 saturated carbocycles. The number of hydrogen-bond donors (Lipinski definition) is 1. The van der Waals surface area contributed by atoms with Crippen molar-refractivity contribution in [3.05, 3.63) is 11.7 Å². The highest BCUT2D eigenvalue weighted by atomic mass is 16.5. The van der Waals surface area contributed by atoms with Crippen LogP contribution in [0.15, 0.2) is 4.52 Å². The van der Waals surface area contributed by atoms with Crippen LogP contribution in [-0.4, -0.2) is 51.9 Å². The standard InChI is InChI=1S/C13H21N3O4/c1-3-5-11-14-12(20-15-11)6-16(4-2)10-8-19-7-9(10)13(17)18/h9-10H,3-8H2,1-2H3,(H,17,18). The number of aromatic nitrogens is 2. The minimum atomic E-state index is -0.817. The fourth-order valence-corrected chi connectivity index (χ4v) is 2.46. The molecule has 20 heavy (non-hydrogen) atoms. The van der Waals surface area contributed by atoms with Gasteiger partial charge in [-0.1, -0.05) is 19.0 Å². The van der Waals surface area contributed by atoms with Crippen LogP contribution in [0, 0.1) is 5.92 Å². The van der Waals surface area contributed by atoms with E-state index in [0.29, 0.717) is 31.4 Å².